The first-order valence-corrected chi connectivity index (χ1v) is 6.88. The predicted octanol–water partition coefficient (Wildman–Crippen LogP) is 0.762. The van der Waals surface area contributed by atoms with E-state index in [1.807, 2.05) is 7.05 Å². The number of halogens is 1. The molecule has 1 aliphatic rings. The lowest BCUT2D eigenvalue weighted by Crippen LogP contribution is -2.47. The third kappa shape index (κ3) is 2.65. The van der Waals surface area contributed by atoms with Crippen LogP contribution in [0.4, 0.5) is 4.39 Å². The molecule has 0 atom stereocenters. The van der Waals surface area contributed by atoms with Crippen LogP contribution in [0.15, 0.2) is 29.2 Å². The van der Waals surface area contributed by atoms with Crippen molar-refractivity contribution in [3.8, 4) is 0 Å². The fourth-order valence-corrected chi connectivity index (χ4v) is 3.26. The van der Waals surface area contributed by atoms with E-state index in [-0.39, 0.29) is 4.90 Å². The quantitative estimate of drug-likeness (QED) is 0.786. The number of hydrogen-bond acceptors (Lipinski definition) is 3. The van der Waals surface area contributed by atoms with Crippen molar-refractivity contribution in [2.45, 2.75) is 4.90 Å². The second-order valence-electron chi connectivity index (χ2n) is 4.16. The number of piperazine rings is 1. The zero-order chi connectivity index (χ0) is 12.5. The highest BCUT2D eigenvalue weighted by molar-refractivity contribution is 7.89. The van der Waals surface area contributed by atoms with Crippen molar-refractivity contribution in [3.63, 3.8) is 0 Å². The molecular formula is C11H15FN2O2S. The van der Waals surface area contributed by atoms with Crippen molar-refractivity contribution in [2.24, 2.45) is 0 Å². The summed E-state index contributed by atoms with van der Waals surface area (Å²) in [5, 5.41) is 0. The third-order valence-corrected chi connectivity index (χ3v) is 4.79. The molecule has 6 heteroatoms. The van der Waals surface area contributed by atoms with Crippen molar-refractivity contribution >= 4 is 10.0 Å². The Labute approximate surface area is 101 Å². The molecule has 0 aliphatic carbocycles. The molecule has 17 heavy (non-hydrogen) atoms. The number of rotatable bonds is 2. The lowest BCUT2D eigenvalue weighted by atomic mass is 10.4. The first-order valence-electron chi connectivity index (χ1n) is 5.44. The zero-order valence-corrected chi connectivity index (χ0v) is 10.5. The summed E-state index contributed by atoms with van der Waals surface area (Å²) in [5.41, 5.74) is 0. The van der Waals surface area contributed by atoms with Gasteiger partial charge >= 0.3 is 0 Å². The van der Waals surface area contributed by atoms with E-state index in [9.17, 15) is 12.8 Å². The average Bonchev–Trinajstić information content (AvgIpc) is 2.29. The molecule has 0 amide bonds. The van der Waals surface area contributed by atoms with E-state index in [0.717, 1.165) is 6.07 Å². The van der Waals surface area contributed by atoms with Gasteiger partial charge in [-0.3, -0.25) is 0 Å². The second-order valence-corrected chi connectivity index (χ2v) is 6.10. The van der Waals surface area contributed by atoms with Crippen LogP contribution in [0.2, 0.25) is 0 Å². The minimum Gasteiger partial charge on any atom is -0.304 e. The van der Waals surface area contributed by atoms with Crippen LogP contribution in [0.25, 0.3) is 0 Å². The van der Waals surface area contributed by atoms with E-state index in [1.54, 1.807) is 0 Å². The van der Waals surface area contributed by atoms with Crippen molar-refractivity contribution in [2.75, 3.05) is 33.2 Å². The van der Waals surface area contributed by atoms with Gasteiger partial charge in [-0.05, 0) is 25.2 Å². The van der Waals surface area contributed by atoms with Gasteiger partial charge in [0.2, 0.25) is 10.0 Å². The molecule has 2 rings (SSSR count). The predicted molar refractivity (Wildman–Crippen MR) is 62.7 cm³/mol. The molecule has 1 aliphatic heterocycles. The summed E-state index contributed by atoms with van der Waals surface area (Å²) in [6.07, 6.45) is 0. The zero-order valence-electron chi connectivity index (χ0n) is 9.63. The van der Waals surface area contributed by atoms with Gasteiger partial charge < -0.3 is 4.90 Å². The molecule has 0 radical (unpaired) electrons. The molecular weight excluding hydrogens is 243 g/mol. The molecule has 1 fully saturated rings. The summed E-state index contributed by atoms with van der Waals surface area (Å²) < 4.78 is 38.8. The summed E-state index contributed by atoms with van der Waals surface area (Å²) in [7, 11) is -1.59. The molecule has 1 aromatic carbocycles. The van der Waals surface area contributed by atoms with Crippen LogP contribution >= 0.6 is 0 Å². The minimum atomic E-state index is -3.54. The maximum Gasteiger partial charge on any atom is 0.243 e. The molecule has 0 aromatic heterocycles. The molecule has 0 spiro atoms. The molecule has 94 valence electrons. The van der Waals surface area contributed by atoms with Crippen LogP contribution in [0.5, 0.6) is 0 Å². The Hall–Kier alpha value is -0.980. The lowest BCUT2D eigenvalue weighted by molar-refractivity contribution is 0.222. The van der Waals surface area contributed by atoms with Crippen LogP contribution in [0, 0.1) is 5.82 Å². The molecule has 0 bridgehead atoms. The second kappa shape index (κ2) is 4.72. The normalized spacial score (nSPS) is 19.4. The summed E-state index contributed by atoms with van der Waals surface area (Å²) in [6, 6.07) is 5.14. The first-order chi connectivity index (χ1) is 8.00. The molecule has 1 heterocycles. The summed E-state index contributed by atoms with van der Waals surface area (Å²) in [6.45, 7) is 2.31. The number of sulfonamides is 1. The van der Waals surface area contributed by atoms with Crippen molar-refractivity contribution in [1.82, 2.24) is 9.21 Å². The first kappa shape index (κ1) is 12.5. The van der Waals surface area contributed by atoms with Crippen LogP contribution in [0.3, 0.4) is 0 Å². The number of nitrogens with zero attached hydrogens (tertiary/aromatic N) is 2. The maximum atomic E-state index is 13.0. The Morgan fingerprint density at radius 1 is 1.18 bits per heavy atom. The van der Waals surface area contributed by atoms with Crippen LogP contribution in [-0.2, 0) is 10.0 Å². The van der Waals surface area contributed by atoms with Gasteiger partial charge in [-0.25, -0.2) is 12.8 Å². The fraction of sp³-hybridized carbons (Fsp3) is 0.455. The van der Waals surface area contributed by atoms with E-state index in [4.69, 9.17) is 0 Å². The minimum absolute atomic E-state index is 0.0297. The Morgan fingerprint density at radius 3 is 2.41 bits per heavy atom. The Morgan fingerprint density at radius 2 is 1.82 bits per heavy atom. The lowest BCUT2D eigenvalue weighted by Gasteiger charge is -2.31. The number of likely N-dealkylation sites (N-methyl/N-ethyl adjacent to an activating group) is 1. The fourth-order valence-electron chi connectivity index (χ4n) is 1.80. The Balaban J connectivity index is 2.25. The van der Waals surface area contributed by atoms with Gasteiger partial charge in [0.25, 0.3) is 0 Å². The standard InChI is InChI=1S/C11H15FN2O2S/c1-13-5-7-14(8-6-13)17(15,16)11-4-2-3-10(12)9-11/h2-4,9H,5-8H2,1H3. The van der Waals surface area contributed by atoms with E-state index >= 15 is 0 Å². The average molecular weight is 258 g/mol. The Bertz CT molecular complexity index is 496. The Kier molecular flexibility index (Phi) is 3.46. The van der Waals surface area contributed by atoms with Gasteiger partial charge in [-0.2, -0.15) is 4.31 Å². The molecule has 1 aromatic rings. The smallest absolute Gasteiger partial charge is 0.243 e. The van der Waals surface area contributed by atoms with Gasteiger partial charge in [0, 0.05) is 26.2 Å². The summed E-state index contributed by atoms with van der Waals surface area (Å²) >= 11 is 0. The monoisotopic (exact) mass is 258 g/mol. The van der Waals surface area contributed by atoms with Crippen LogP contribution in [0.1, 0.15) is 0 Å². The highest BCUT2D eigenvalue weighted by Crippen LogP contribution is 2.17. The maximum absolute atomic E-state index is 13.0. The van der Waals surface area contributed by atoms with E-state index < -0.39 is 15.8 Å². The largest absolute Gasteiger partial charge is 0.304 e. The van der Waals surface area contributed by atoms with Gasteiger partial charge in [0.15, 0.2) is 0 Å². The van der Waals surface area contributed by atoms with Gasteiger partial charge in [0.05, 0.1) is 4.90 Å². The topological polar surface area (TPSA) is 40.6 Å². The molecule has 0 saturated carbocycles. The number of hydrogen-bond donors (Lipinski definition) is 0. The summed E-state index contributed by atoms with van der Waals surface area (Å²) in [5.74, 6) is -0.528. The van der Waals surface area contributed by atoms with Crippen molar-refractivity contribution < 1.29 is 12.8 Å². The van der Waals surface area contributed by atoms with Crippen molar-refractivity contribution in [1.29, 1.82) is 0 Å². The van der Waals surface area contributed by atoms with Crippen LogP contribution < -0.4 is 0 Å². The molecule has 0 N–H and O–H groups in total. The van der Waals surface area contributed by atoms with E-state index in [0.29, 0.717) is 26.2 Å². The highest BCUT2D eigenvalue weighted by atomic mass is 32.2. The molecule has 4 nitrogen and oxygen atoms in total. The van der Waals surface area contributed by atoms with E-state index in [1.165, 1.54) is 22.5 Å². The van der Waals surface area contributed by atoms with Crippen molar-refractivity contribution in [3.05, 3.63) is 30.1 Å². The van der Waals surface area contributed by atoms with Crippen LogP contribution in [-0.4, -0.2) is 50.8 Å². The third-order valence-electron chi connectivity index (χ3n) is 2.90. The van der Waals surface area contributed by atoms with Gasteiger partial charge in [-0.15, -0.1) is 0 Å². The SMILES string of the molecule is CN1CCN(S(=O)(=O)c2cccc(F)c2)CC1. The molecule has 0 unspecified atom stereocenters. The highest BCUT2D eigenvalue weighted by Gasteiger charge is 2.27. The van der Waals surface area contributed by atoms with Gasteiger partial charge in [-0.1, -0.05) is 6.07 Å². The van der Waals surface area contributed by atoms with E-state index in [2.05, 4.69) is 4.90 Å². The molecule has 1 saturated heterocycles. The summed E-state index contributed by atoms with van der Waals surface area (Å²) in [4.78, 5) is 2.10. The number of benzene rings is 1. The van der Waals surface area contributed by atoms with Gasteiger partial charge in [0.1, 0.15) is 5.82 Å².